The molecule has 0 aliphatic heterocycles. The summed E-state index contributed by atoms with van der Waals surface area (Å²) in [5.74, 6) is 0.674. The number of ether oxygens (including phenoxy) is 1. The smallest absolute Gasteiger partial charge is 0.0891 e. The number of hydrogen-bond donors (Lipinski definition) is 1. The lowest BCUT2D eigenvalue weighted by Crippen LogP contribution is -2.55. The van der Waals surface area contributed by atoms with Crippen molar-refractivity contribution in [3.63, 3.8) is 0 Å². The van der Waals surface area contributed by atoms with Crippen molar-refractivity contribution in [2.45, 2.75) is 43.3 Å². The van der Waals surface area contributed by atoms with E-state index >= 15 is 0 Å². The van der Waals surface area contributed by atoms with Crippen LogP contribution in [0, 0.1) is 5.92 Å². The quantitative estimate of drug-likeness (QED) is 0.621. The highest BCUT2D eigenvalue weighted by Gasteiger charge is 2.53. The van der Waals surface area contributed by atoms with E-state index in [9.17, 15) is 5.11 Å². The van der Waals surface area contributed by atoms with Crippen molar-refractivity contribution in [3.8, 4) is 0 Å². The zero-order valence-corrected chi connectivity index (χ0v) is 8.05. The minimum atomic E-state index is -0.429. The predicted octanol–water partition coefficient (Wildman–Crippen LogP) is 1.64. The maximum Gasteiger partial charge on any atom is 0.0891 e. The highest BCUT2D eigenvalue weighted by Crippen LogP contribution is 2.55. The molecule has 3 unspecified atom stereocenters. The Kier molecular flexibility index (Phi) is 1.34. The largest absolute Gasteiger partial charge is 0.389 e. The topological polar surface area (TPSA) is 29.5 Å². The molecular weight excluding hydrogens is 164 g/mol. The third-order valence-corrected chi connectivity index (χ3v) is 3.91. The van der Waals surface area contributed by atoms with Crippen LogP contribution in [0.25, 0.3) is 0 Å². The second-order valence-corrected chi connectivity index (χ2v) is 5.13. The third-order valence-electron chi connectivity index (χ3n) is 3.91. The predicted molar refractivity (Wildman–Crippen MR) is 49.3 cm³/mol. The van der Waals surface area contributed by atoms with Gasteiger partial charge in [-0.2, -0.15) is 0 Å². The summed E-state index contributed by atoms with van der Waals surface area (Å²) < 4.78 is 5.58. The van der Waals surface area contributed by atoms with Crippen LogP contribution in [0.4, 0.5) is 0 Å². The minimum Gasteiger partial charge on any atom is -0.389 e. The second-order valence-electron chi connectivity index (χ2n) is 5.13. The normalized spacial score (nSPS) is 52.5. The molecule has 0 amide bonds. The van der Waals surface area contributed by atoms with Crippen molar-refractivity contribution >= 4 is 0 Å². The molecule has 2 nitrogen and oxygen atoms in total. The van der Waals surface area contributed by atoms with Crippen LogP contribution in [0.5, 0.6) is 0 Å². The lowest BCUT2D eigenvalue weighted by atomic mass is 9.57. The number of methoxy groups -OCH3 is 1. The van der Waals surface area contributed by atoms with Gasteiger partial charge in [0.1, 0.15) is 0 Å². The Morgan fingerprint density at radius 2 is 2.38 bits per heavy atom. The zero-order chi connectivity index (χ0) is 9.10. The average molecular weight is 180 g/mol. The van der Waals surface area contributed by atoms with E-state index in [0.717, 1.165) is 25.7 Å². The first-order chi connectivity index (χ1) is 6.13. The van der Waals surface area contributed by atoms with Crippen molar-refractivity contribution in [2.75, 3.05) is 7.11 Å². The van der Waals surface area contributed by atoms with Gasteiger partial charge in [0.15, 0.2) is 0 Å². The summed E-state index contributed by atoms with van der Waals surface area (Å²) in [4.78, 5) is 0. The van der Waals surface area contributed by atoms with E-state index in [4.69, 9.17) is 4.74 Å². The summed E-state index contributed by atoms with van der Waals surface area (Å²) in [6.45, 7) is 0. The Balaban J connectivity index is 2.07. The SMILES string of the molecule is COC12C=C3CC(CC(O)(C3)C1)C2. The van der Waals surface area contributed by atoms with Gasteiger partial charge >= 0.3 is 0 Å². The second kappa shape index (κ2) is 2.18. The maximum atomic E-state index is 10.3. The van der Waals surface area contributed by atoms with Crippen LogP contribution in [0.1, 0.15) is 32.1 Å². The molecule has 13 heavy (non-hydrogen) atoms. The van der Waals surface area contributed by atoms with Crippen LogP contribution in [-0.4, -0.2) is 23.4 Å². The van der Waals surface area contributed by atoms with Crippen molar-refractivity contribution in [1.82, 2.24) is 0 Å². The first kappa shape index (κ1) is 8.01. The van der Waals surface area contributed by atoms with Crippen molar-refractivity contribution < 1.29 is 9.84 Å². The van der Waals surface area contributed by atoms with Gasteiger partial charge in [-0.25, -0.2) is 0 Å². The van der Waals surface area contributed by atoms with Crippen LogP contribution in [0.15, 0.2) is 11.6 Å². The van der Waals surface area contributed by atoms with Gasteiger partial charge in [0.2, 0.25) is 0 Å². The summed E-state index contributed by atoms with van der Waals surface area (Å²) >= 11 is 0. The zero-order valence-electron chi connectivity index (χ0n) is 8.05. The average Bonchev–Trinajstić information content (AvgIpc) is 1.99. The van der Waals surface area contributed by atoms with E-state index in [0.29, 0.717) is 5.92 Å². The van der Waals surface area contributed by atoms with Crippen molar-refractivity contribution in [2.24, 2.45) is 5.92 Å². The summed E-state index contributed by atoms with van der Waals surface area (Å²) in [6, 6.07) is 0. The van der Waals surface area contributed by atoms with Gasteiger partial charge in [-0.3, -0.25) is 0 Å². The Morgan fingerprint density at radius 1 is 1.54 bits per heavy atom. The molecule has 4 aliphatic rings. The molecular formula is C11H16O2. The molecule has 3 atom stereocenters. The van der Waals surface area contributed by atoms with E-state index < -0.39 is 5.60 Å². The fourth-order valence-electron chi connectivity index (χ4n) is 3.75. The summed E-state index contributed by atoms with van der Waals surface area (Å²) in [6.07, 6.45) is 7.31. The highest BCUT2D eigenvalue weighted by molar-refractivity contribution is 5.29. The molecule has 0 radical (unpaired) electrons. The molecule has 0 heterocycles. The van der Waals surface area contributed by atoms with Gasteiger partial charge in [0, 0.05) is 13.5 Å². The van der Waals surface area contributed by atoms with Gasteiger partial charge in [0.05, 0.1) is 11.2 Å². The molecule has 0 spiro atoms. The molecule has 72 valence electrons. The minimum absolute atomic E-state index is 0.108. The molecule has 0 saturated heterocycles. The standard InChI is InChI=1S/C11H16O2/c1-13-11-5-8-2-9(6-11)4-10(12,3-8)7-11/h5,9,12H,2-4,6-7H2,1H3. The van der Waals surface area contributed by atoms with Gasteiger partial charge in [-0.15, -0.1) is 0 Å². The van der Waals surface area contributed by atoms with Crippen LogP contribution >= 0.6 is 0 Å². The molecule has 4 bridgehead atoms. The number of hydrogen-bond acceptors (Lipinski definition) is 2. The van der Waals surface area contributed by atoms with Crippen LogP contribution in [0.2, 0.25) is 0 Å². The maximum absolute atomic E-state index is 10.3. The van der Waals surface area contributed by atoms with E-state index in [1.807, 2.05) is 0 Å². The van der Waals surface area contributed by atoms with Crippen LogP contribution < -0.4 is 0 Å². The Labute approximate surface area is 78.6 Å². The van der Waals surface area contributed by atoms with E-state index in [1.165, 1.54) is 12.0 Å². The molecule has 1 N–H and O–H groups in total. The van der Waals surface area contributed by atoms with Gasteiger partial charge < -0.3 is 9.84 Å². The lowest BCUT2D eigenvalue weighted by molar-refractivity contribution is -0.135. The van der Waals surface area contributed by atoms with Gasteiger partial charge in [0.25, 0.3) is 0 Å². The highest BCUT2D eigenvalue weighted by atomic mass is 16.5. The van der Waals surface area contributed by atoms with Crippen LogP contribution in [-0.2, 0) is 4.74 Å². The molecule has 4 rings (SSSR count). The van der Waals surface area contributed by atoms with E-state index in [-0.39, 0.29) is 5.60 Å². The monoisotopic (exact) mass is 180 g/mol. The van der Waals surface area contributed by atoms with Gasteiger partial charge in [-0.1, -0.05) is 11.6 Å². The lowest BCUT2D eigenvalue weighted by Gasteiger charge is -2.55. The summed E-state index contributed by atoms with van der Waals surface area (Å²) in [5, 5.41) is 10.3. The first-order valence-electron chi connectivity index (χ1n) is 5.11. The molecule has 2 heteroatoms. The molecule has 0 aromatic heterocycles. The number of rotatable bonds is 1. The Morgan fingerprint density at radius 3 is 3.00 bits per heavy atom. The van der Waals surface area contributed by atoms with E-state index in [2.05, 4.69) is 6.08 Å². The van der Waals surface area contributed by atoms with E-state index in [1.54, 1.807) is 7.11 Å². The third kappa shape index (κ3) is 1.02. The molecule has 0 aromatic carbocycles. The molecule has 2 saturated carbocycles. The van der Waals surface area contributed by atoms with Crippen molar-refractivity contribution in [1.29, 1.82) is 0 Å². The molecule has 2 fully saturated rings. The fourth-order valence-corrected chi connectivity index (χ4v) is 3.75. The van der Waals surface area contributed by atoms with Gasteiger partial charge in [-0.05, 0) is 31.6 Å². The Hall–Kier alpha value is -0.340. The fraction of sp³-hybridized carbons (Fsp3) is 0.818. The van der Waals surface area contributed by atoms with Crippen LogP contribution in [0.3, 0.4) is 0 Å². The molecule has 4 aliphatic carbocycles. The van der Waals surface area contributed by atoms with Crippen molar-refractivity contribution in [3.05, 3.63) is 11.6 Å². The summed E-state index contributed by atoms with van der Waals surface area (Å²) in [5.41, 5.74) is 0.892. The molecule has 0 aromatic rings. The Bertz CT molecular complexity index is 284. The summed E-state index contributed by atoms with van der Waals surface area (Å²) in [7, 11) is 1.77. The first-order valence-corrected chi connectivity index (χ1v) is 5.11. The number of aliphatic hydroxyl groups is 1.